The molecule has 0 aliphatic carbocycles. The molecule has 0 aliphatic heterocycles. The maximum Gasteiger partial charge on any atom is 0.248 e. The highest BCUT2D eigenvalue weighted by Gasteiger charge is 2.10. The molecule has 0 unspecified atom stereocenters. The molecule has 0 fully saturated rings. The number of carbonyl (C=O) groups is 1. The minimum atomic E-state index is -0.266. The maximum absolute atomic E-state index is 12.1. The zero-order valence-electron chi connectivity index (χ0n) is 14.5. The maximum atomic E-state index is 12.1. The molecule has 0 atom stereocenters. The van der Waals surface area contributed by atoms with Gasteiger partial charge in [0.25, 0.3) is 0 Å². The van der Waals surface area contributed by atoms with Gasteiger partial charge in [-0.1, -0.05) is 29.3 Å². The van der Waals surface area contributed by atoms with Crippen LogP contribution in [0.4, 0.5) is 5.69 Å². The first-order valence-electron chi connectivity index (χ1n) is 8.33. The second kappa shape index (κ2) is 8.80. The normalized spacial score (nSPS) is 10.9. The molecule has 1 amide bonds. The molecule has 138 valence electrons. The third kappa shape index (κ3) is 4.94. The summed E-state index contributed by atoms with van der Waals surface area (Å²) in [6.45, 7) is 2.51. The molecule has 0 radical (unpaired) electrons. The van der Waals surface area contributed by atoms with Crippen LogP contribution in [0, 0.1) is 0 Å². The van der Waals surface area contributed by atoms with Crippen LogP contribution in [0.15, 0.2) is 65.1 Å². The van der Waals surface area contributed by atoms with Gasteiger partial charge in [0.15, 0.2) is 0 Å². The van der Waals surface area contributed by atoms with E-state index in [2.05, 4.69) is 5.32 Å². The molecule has 1 N–H and O–H groups in total. The number of nitrogens with one attached hydrogen (secondary N) is 1. The summed E-state index contributed by atoms with van der Waals surface area (Å²) in [5.41, 5.74) is 1.38. The van der Waals surface area contributed by atoms with Crippen molar-refractivity contribution < 1.29 is 13.9 Å². The van der Waals surface area contributed by atoms with E-state index in [9.17, 15) is 4.79 Å². The van der Waals surface area contributed by atoms with Crippen LogP contribution in [0.3, 0.4) is 0 Å². The lowest BCUT2D eigenvalue weighted by Crippen LogP contribution is -2.07. The van der Waals surface area contributed by atoms with Gasteiger partial charge >= 0.3 is 0 Å². The number of benzene rings is 2. The first-order chi connectivity index (χ1) is 13.1. The van der Waals surface area contributed by atoms with Gasteiger partial charge in [-0.25, -0.2) is 0 Å². The Hall–Kier alpha value is -2.69. The predicted molar refractivity (Wildman–Crippen MR) is 109 cm³/mol. The number of rotatable bonds is 6. The van der Waals surface area contributed by atoms with Crippen LogP contribution in [0.5, 0.6) is 5.75 Å². The van der Waals surface area contributed by atoms with Crippen molar-refractivity contribution in [3.05, 3.63) is 76.5 Å². The van der Waals surface area contributed by atoms with E-state index in [0.29, 0.717) is 39.4 Å². The zero-order valence-corrected chi connectivity index (χ0v) is 16.1. The van der Waals surface area contributed by atoms with Crippen molar-refractivity contribution in [1.82, 2.24) is 0 Å². The molecular formula is C21H17Cl2NO3. The van der Waals surface area contributed by atoms with Gasteiger partial charge in [-0.2, -0.15) is 0 Å². The summed E-state index contributed by atoms with van der Waals surface area (Å²) >= 11 is 12.2. The van der Waals surface area contributed by atoms with Crippen molar-refractivity contribution in [3.63, 3.8) is 0 Å². The molecule has 0 saturated heterocycles. The first kappa shape index (κ1) is 19.1. The van der Waals surface area contributed by atoms with E-state index in [1.165, 1.54) is 6.08 Å². The smallest absolute Gasteiger partial charge is 0.248 e. The van der Waals surface area contributed by atoms with Crippen molar-refractivity contribution in [2.45, 2.75) is 6.92 Å². The summed E-state index contributed by atoms with van der Waals surface area (Å²) < 4.78 is 11.1. The molecule has 6 heteroatoms. The number of furan rings is 1. The quantitative estimate of drug-likeness (QED) is 0.492. The van der Waals surface area contributed by atoms with Crippen LogP contribution in [0.1, 0.15) is 12.7 Å². The topological polar surface area (TPSA) is 51.5 Å². The number of ether oxygens (including phenoxy) is 1. The molecule has 0 saturated carbocycles. The number of halogens is 2. The minimum absolute atomic E-state index is 0.266. The fourth-order valence-electron chi connectivity index (χ4n) is 2.42. The SMILES string of the molecule is CCOc1ccc(NC(=O)C=Cc2ccc(-c3cccc(Cl)c3Cl)o2)cc1. The van der Waals surface area contributed by atoms with Crippen LogP contribution in [-0.4, -0.2) is 12.5 Å². The van der Waals surface area contributed by atoms with Gasteiger partial charge in [0, 0.05) is 17.3 Å². The Balaban J connectivity index is 1.65. The van der Waals surface area contributed by atoms with E-state index in [1.807, 2.05) is 13.0 Å². The highest BCUT2D eigenvalue weighted by atomic mass is 35.5. The summed E-state index contributed by atoms with van der Waals surface area (Å²) in [7, 11) is 0. The van der Waals surface area contributed by atoms with Crippen LogP contribution >= 0.6 is 23.2 Å². The Morgan fingerprint density at radius 1 is 1.11 bits per heavy atom. The summed E-state index contributed by atoms with van der Waals surface area (Å²) in [5.74, 6) is 1.60. The second-order valence-electron chi connectivity index (χ2n) is 5.58. The molecule has 0 spiro atoms. The largest absolute Gasteiger partial charge is 0.494 e. The van der Waals surface area contributed by atoms with Crippen molar-refractivity contribution in [2.24, 2.45) is 0 Å². The van der Waals surface area contributed by atoms with Crippen molar-refractivity contribution >= 4 is 40.9 Å². The Bertz CT molecular complexity index is 962. The van der Waals surface area contributed by atoms with E-state index in [4.69, 9.17) is 32.4 Å². The first-order valence-corrected chi connectivity index (χ1v) is 9.08. The van der Waals surface area contributed by atoms with Gasteiger partial charge in [0.1, 0.15) is 17.3 Å². The average Bonchev–Trinajstić information content (AvgIpc) is 3.13. The minimum Gasteiger partial charge on any atom is -0.494 e. The van der Waals surface area contributed by atoms with Gasteiger partial charge in [-0.15, -0.1) is 0 Å². The number of amides is 1. The molecule has 0 bridgehead atoms. The molecule has 1 aromatic heterocycles. The number of carbonyl (C=O) groups excluding carboxylic acids is 1. The van der Waals surface area contributed by atoms with E-state index in [1.54, 1.807) is 54.6 Å². The molecule has 2 aromatic carbocycles. The van der Waals surface area contributed by atoms with Crippen LogP contribution < -0.4 is 10.1 Å². The van der Waals surface area contributed by atoms with E-state index < -0.39 is 0 Å². The molecule has 27 heavy (non-hydrogen) atoms. The second-order valence-corrected chi connectivity index (χ2v) is 6.37. The lowest BCUT2D eigenvalue weighted by Gasteiger charge is -2.05. The average molecular weight is 402 g/mol. The lowest BCUT2D eigenvalue weighted by molar-refractivity contribution is -0.111. The monoisotopic (exact) mass is 401 g/mol. The third-order valence-corrected chi connectivity index (χ3v) is 4.49. The highest BCUT2D eigenvalue weighted by molar-refractivity contribution is 6.43. The Labute approximate surface area is 167 Å². The Morgan fingerprint density at radius 2 is 1.89 bits per heavy atom. The number of anilines is 1. The summed E-state index contributed by atoms with van der Waals surface area (Å²) in [6.07, 6.45) is 2.99. The Morgan fingerprint density at radius 3 is 2.63 bits per heavy atom. The molecule has 4 nitrogen and oxygen atoms in total. The Kier molecular flexibility index (Phi) is 6.22. The predicted octanol–water partition coefficient (Wildman–Crippen LogP) is 6.30. The lowest BCUT2D eigenvalue weighted by atomic mass is 10.2. The highest BCUT2D eigenvalue weighted by Crippen LogP contribution is 2.34. The number of hydrogen-bond acceptors (Lipinski definition) is 3. The van der Waals surface area contributed by atoms with Crippen LogP contribution in [0.25, 0.3) is 17.4 Å². The molecular weight excluding hydrogens is 385 g/mol. The van der Waals surface area contributed by atoms with Gasteiger partial charge in [-0.3, -0.25) is 4.79 Å². The van der Waals surface area contributed by atoms with E-state index >= 15 is 0 Å². The summed E-state index contributed by atoms with van der Waals surface area (Å²) in [5, 5.41) is 3.66. The fraction of sp³-hybridized carbons (Fsp3) is 0.0952. The third-order valence-electron chi connectivity index (χ3n) is 3.68. The standard InChI is InChI=1S/C21H17Cl2NO3/c1-2-26-15-8-6-14(7-9-15)24-20(25)13-11-16-10-12-19(27-16)17-4-3-5-18(22)21(17)23/h3-13H,2H2,1H3,(H,24,25). The fourth-order valence-corrected chi connectivity index (χ4v) is 2.82. The van der Waals surface area contributed by atoms with Gasteiger partial charge in [0.2, 0.25) is 5.91 Å². The molecule has 0 aliphatic rings. The van der Waals surface area contributed by atoms with Crippen molar-refractivity contribution in [2.75, 3.05) is 11.9 Å². The summed E-state index contributed by atoms with van der Waals surface area (Å²) in [6, 6.07) is 16.0. The van der Waals surface area contributed by atoms with Crippen LogP contribution in [-0.2, 0) is 4.79 Å². The van der Waals surface area contributed by atoms with E-state index in [-0.39, 0.29) is 5.91 Å². The van der Waals surface area contributed by atoms with Crippen LogP contribution in [0.2, 0.25) is 10.0 Å². The van der Waals surface area contributed by atoms with Gasteiger partial charge in [0.05, 0.1) is 16.7 Å². The van der Waals surface area contributed by atoms with Crippen molar-refractivity contribution in [3.8, 4) is 17.1 Å². The summed E-state index contributed by atoms with van der Waals surface area (Å²) in [4.78, 5) is 12.1. The molecule has 3 rings (SSSR count). The van der Waals surface area contributed by atoms with Gasteiger partial charge < -0.3 is 14.5 Å². The number of hydrogen-bond donors (Lipinski definition) is 1. The molecule has 3 aromatic rings. The zero-order chi connectivity index (χ0) is 19.2. The van der Waals surface area contributed by atoms with E-state index in [0.717, 1.165) is 5.75 Å². The van der Waals surface area contributed by atoms with Gasteiger partial charge in [-0.05, 0) is 61.5 Å². The van der Waals surface area contributed by atoms with Crippen molar-refractivity contribution in [1.29, 1.82) is 0 Å². The molecule has 1 heterocycles.